The second kappa shape index (κ2) is 8.08. The minimum atomic E-state index is -0.343. The molecule has 27 heavy (non-hydrogen) atoms. The van der Waals surface area contributed by atoms with Gasteiger partial charge >= 0.3 is 5.63 Å². The third-order valence-electron chi connectivity index (χ3n) is 4.33. The van der Waals surface area contributed by atoms with E-state index in [1.54, 1.807) is 43.3 Å². The fraction of sp³-hybridized carbons (Fsp3) is 0.273. The number of hydrogen-bond acceptors (Lipinski definition) is 4. The van der Waals surface area contributed by atoms with Gasteiger partial charge in [-0.3, -0.25) is 4.79 Å². The summed E-state index contributed by atoms with van der Waals surface area (Å²) in [4.78, 5) is 25.2. The molecule has 0 bridgehead atoms. The third-order valence-corrected chi connectivity index (χ3v) is 4.33. The molecular formula is C22H23NO4. The van der Waals surface area contributed by atoms with Gasteiger partial charge < -0.3 is 14.1 Å². The van der Waals surface area contributed by atoms with Crippen molar-refractivity contribution in [2.45, 2.75) is 26.4 Å². The molecule has 1 amide bonds. The Labute approximate surface area is 158 Å². The molecular weight excluding hydrogens is 342 g/mol. The fourth-order valence-corrected chi connectivity index (χ4v) is 2.94. The Morgan fingerprint density at radius 2 is 1.81 bits per heavy atom. The zero-order valence-corrected chi connectivity index (χ0v) is 15.8. The molecule has 0 atom stereocenters. The summed E-state index contributed by atoms with van der Waals surface area (Å²) in [6, 6.07) is 14.4. The minimum absolute atomic E-state index is 0.0325. The summed E-state index contributed by atoms with van der Waals surface area (Å²) in [5.74, 6) is 0.600. The number of hydrogen-bond donors (Lipinski definition) is 0. The Bertz CT molecular complexity index is 1000. The molecule has 1 heterocycles. The van der Waals surface area contributed by atoms with Crippen molar-refractivity contribution in [1.29, 1.82) is 0 Å². The fourth-order valence-electron chi connectivity index (χ4n) is 2.94. The first-order valence-corrected chi connectivity index (χ1v) is 8.98. The van der Waals surface area contributed by atoms with E-state index in [4.69, 9.17) is 9.15 Å². The minimum Gasteiger partial charge on any atom is -0.489 e. The predicted molar refractivity (Wildman–Crippen MR) is 105 cm³/mol. The molecule has 1 aromatic heterocycles. The summed E-state index contributed by atoms with van der Waals surface area (Å²) in [6.45, 7) is 2.44. The Hall–Kier alpha value is -3.08. The van der Waals surface area contributed by atoms with Gasteiger partial charge in [0.25, 0.3) is 5.91 Å². The van der Waals surface area contributed by atoms with Crippen LogP contribution in [0.15, 0.2) is 57.7 Å². The largest absolute Gasteiger partial charge is 0.489 e. The molecule has 140 valence electrons. The lowest BCUT2D eigenvalue weighted by molar-refractivity contribution is 0.0827. The van der Waals surface area contributed by atoms with Crippen LogP contribution in [0.1, 0.15) is 34.8 Å². The first-order valence-electron chi connectivity index (χ1n) is 8.98. The Kier molecular flexibility index (Phi) is 5.60. The molecule has 0 N–H and O–H groups in total. The standard InChI is InChI=1S/C22H23NO4/c1-4-5-17-12-21(24)27-20-13-18(10-11-19(17)20)26-14-15-6-8-16(9-7-15)22(25)23(2)3/h6-13H,4-5,14H2,1-3H3. The van der Waals surface area contributed by atoms with Crippen LogP contribution in [-0.2, 0) is 13.0 Å². The Morgan fingerprint density at radius 3 is 2.48 bits per heavy atom. The smallest absolute Gasteiger partial charge is 0.336 e. The summed E-state index contributed by atoms with van der Waals surface area (Å²) in [7, 11) is 3.45. The maximum Gasteiger partial charge on any atom is 0.336 e. The Balaban J connectivity index is 1.75. The maximum atomic E-state index is 11.9. The number of aryl methyl sites for hydroxylation is 1. The SMILES string of the molecule is CCCc1cc(=O)oc2cc(OCc3ccc(C(=O)N(C)C)cc3)ccc12. The van der Waals surface area contributed by atoms with Gasteiger partial charge in [0.2, 0.25) is 0 Å². The van der Waals surface area contributed by atoms with Crippen LogP contribution in [0.4, 0.5) is 0 Å². The van der Waals surface area contributed by atoms with E-state index in [1.165, 1.54) is 0 Å². The molecule has 0 unspecified atom stereocenters. The van der Waals surface area contributed by atoms with Crippen LogP contribution in [0, 0.1) is 0 Å². The number of ether oxygens (including phenoxy) is 1. The van der Waals surface area contributed by atoms with E-state index in [9.17, 15) is 9.59 Å². The van der Waals surface area contributed by atoms with Gasteiger partial charge in [0.15, 0.2) is 0 Å². The predicted octanol–water partition coefficient (Wildman–Crippen LogP) is 4.03. The van der Waals surface area contributed by atoms with Crippen LogP contribution >= 0.6 is 0 Å². The highest BCUT2D eigenvalue weighted by Gasteiger charge is 2.09. The van der Waals surface area contributed by atoms with E-state index in [1.807, 2.05) is 24.3 Å². The van der Waals surface area contributed by atoms with Crippen molar-refractivity contribution in [2.24, 2.45) is 0 Å². The second-order valence-corrected chi connectivity index (χ2v) is 6.68. The number of benzene rings is 2. The molecule has 3 aromatic rings. The van der Waals surface area contributed by atoms with Crippen molar-refractivity contribution < 1.29 is 13.9 Å². The van der Waals surface area contributed by atoms with Crippen molar-refractivity contribution >= 4 is 16.9 Å². The topological polar surface area (TPSA) is 59.8 Å². The number of amides is 1. The van der Waals surface area contributed by atoms with Gasteiger partial charge in [0.1, 0.15) is 17.9 Å². The second-order valence-electron chi connectivity index (χ2n) is 6.68. The van der Waals surface area contributed by atoms with E-state index in [0.29, 0.717) is 23.5 Å². The third kappa shape index (κ3) is 4.37. The summed E-state index contributed by atoms with van der Waals surface area (Å²) in [5, 5.41) is 0.940. The lowest BCUT2D eigenvalue weighted by Crippen LogP contribution is -2.21. The highest BCUT2D eigenvalue weighted by atomic mass is 16.5. The molecule has 0 aliphatic rings. The number of carbonyl (C=O) groups excluding carboxylic acids is 1. The summed E-state index contributed by atoms with van der Waals surface area (Å²) in [6.07, 6.45) is 1.80. The van der Waals surface area contributed by atoms with Crippen LogP contribution in [0.5, 0.6) is 5.75 Å². The molecule has 3 rings (SSSR count). The zero-order chi connectivity index (χ0) is 19.4. The molecule has 0 aliphatic heterocycles. The van der Waals surface area contributed by atoms with Crippen LogP contribution in [0.2, 0.25) is 0 Å². The van der Waals surface area contributed by atoms with E-state index < -0.39 is 0 Å². The van der Waals surface area contributed by atoms with Crippen molar-refractivity contribution in [2.75, 3.05) is 14.1 Å². The molecule has 5 heteroatoms. The normalized spacial score (nSPS) is 10.8. The highest BCUT2D eigenvalue weighted by Crippen LogP contribution is 2.24. The van der Waals surface area contributed by atoms with Gasteiger partial charge in [-0.25, -0.2) is 4.79 Å². The maximum absolute atomic E-state index is 11.9. The molecule has 0 saturated carbocycles. The molecule has 5 nitrogen and oxygen atoms in total. The number of fused-ring (bicyclic) bond motifs is 1. The zero-order valence-electron chi connectivity index (χ0n) is 15.8. The summed E-state index contributed by atoms with van der Waals surface area (Å²) >= 11 is 0. The first kappa shape index (κ1) is 18.7. The van der Waals surface area contributed by atoms with Gasteiger partial charge in [0, 0.05) is 37.2 Å². The van der Waals surface area contributed by atoms with Crippen molar-refractivity contribution in [3.05, 3.63) is 75.6 Å². The number of rotatable bonds is 6. The van der Waals surface area contributed by atoms with E-state index in [0.717, 1.165) is 29.4 Å². The van der Waals surface area contributed by atoms with E-state index >= 15 is 0 Å². The average molecular weight is 365 g/mol. The number of nitrogens with zero attached hydrogens (tertiary/aromatic N) is 1. The van der Waals surface area contributed by atoms with Crippen molar-refractivity contribution in [1.82, 2.24) is 4.90 Å². The van der Waals surface area contributed by atoms with Gasteiger partial charge in [-0.05, 0) is 41.8 Å². The van der Waals surface area contributed by atoms with Gasteiger partial charge in [-0.1, -0.05) is 25.5 Å². The highest BCUT2D eigenvalue weighted by molar-refractivity contribution is 5.93. The quantitative estimate of drug-likeness (QED) is 0.619. The summed E-state index contributed by atoms with van der Waals surface area (Å²) in [5.41, 5.74) is 2.78. The average Bonchev–Trinajstić information content (AvgIpc) is 2.66. The van der Waals surface area contributed by atoms with Crippen LogP contribution in [0.25, 0.3) is 11.0 Å². The lowest BCUT2D eigenvalue weighted by atomic mass is 10.1. The summed E-state index contributed by atoms with van der Waals surface area (Å²) < 4.78 is 11.2. The molecule has 2 aromatic carbocycles. The number of carbonyl (C=O) groups is 1. The monoisotopic (exact) mass is 365 g/mol. The first-order chi connectivity index (χ1) is 13.0. The molecule has 0 spiro atoms. The molecule has 0 aliphatic carbocycles. The van der Waals surface area contributed by atoms with Gasteiger partial charge in [0.05, 0.1) is 0 Å². The molecule has 0 fully saturated rings. The van der Waals surface area contributed by atoms with Crippen molar-refractivity contribution in [3.8, 4) is 5.75 Å². The molecule has 0 radical (unpaired) electrons. The Morgan fingerprint density at radius 1 is 1.07 bits per heavy atom. The van der Waals surface area contributed by atoms with Crippen molar-refractivity contribution in [3.63, 3.8) is 0 Å². The lowest BCUT2D eigenvalue weighted by Gasteiger charge is -2.11. The van der Waals surface area contributed by atoms with E-state index in [2.05, 4.69) is 6.92 Å². The van der Waals surface area contributed by atoms with Gasteiger partial charge in [-0.15, -0.1) is 0 Å². The van der Waals surface area contributed by atoms with Crippen LogP contribution in [-0.4, -0.2) is 24.9 Å². The van der Waals surface area contributed by atoms with Crippen LogP contribution in [0.3, 0.4) is 0 Å². The van der Waals surface area contributed by atoms with E-state index in [-0.39, 0.29) is 11.5 Å². The molecule has 0 saturated heterocycles. The van der Waals surface area contributed by atoms with Gasteiger partial charge in [-0.2, -0.15) is 0 Å². The van der Waals surface area contributed by atoms with Crippen LogP contribution < -0.4 is 10.4 Å².